The lowest BCUT2D eigenvalue weighted by atomic mass is 9.50. The van der Waals surface area contributed by atoms with Crippen LogP contribution in [0.2, 0.25) is 0 Å². The van der Waals surface area contributed by atoms with Crippen molar-refractivity contribution in [2.75, 3.05) is 0 Å². The highest BCUT2D eigenvalue weighted by atomic mass is 35.5. The Labute approximate surface area is 111 Å². The van der Waals surface area contributed by atoms with Gasteiger partial charge in [-0.1, -0.05) is 0 Å². The molecule has 0 aromatic rings. The Bertz CT molecular complexity index is 376. The zero-order valence-corrected chi connectivity index (χ0v) is 11.2. The Balaban J connectivity index is 1.87. The molecular formula is C13H19ClO4. The maximum absolute atomic E-state index is 11.7. The first-order chi connectivity index (χ1) is 8.23. The van der Waals surface area contributed by atoms with E-state index in [-0.39, 0.29) is 5.92 Å². The number of ether oxygens (including phenoxy) is 1. The summed E-state index contributed by atoms with van der Waals surface area (Å²) in [6, 6.07) is 0. The average Bonchev–Trinajstić information content (AvgIpc) is 2.09. The molecule has 102 valence electrons. The first-order valence-electron chi connectivity index (χ1n) is 6.55. The molecule has 5 heteroatoms. The summed E-state index contributed by atoms with van der Waals surface area (Å²) in [7, 11) is 0. The zero-order valence-electron chi connectivity index (χ0n) is 10.5. The number of esters is 1. The first kappa shape index (κ1) is 12.7. The van der Waals surface area contributed by atoms with Crippen LogP contribution in [-0.2, 0) is 9.53 Å². The van der Waals surface area contributed by atoms with Crippen molar-refractivity contribution in [1.29, 1.82) is 0 Å². The fourth-order valence-electron chi connectivity index (χ4n) is 4.66. The van der Waals surface area contributed by atoms with E-state index >= 15 is 0 Å². The third-order valence-corrected chi connectivity index (χ3v) is 4.78. The van der Waals surface area contributed by atoms with E-state index in [2.05, 4.69) is 0 Å². The molecule has 0 spiro atoms. The monoisotopic (exact) mass is 274 g/mol. The Morgan fingerprint density at radius 2 is 1.78 bits per heavy atom. The van der Waals surface area contributed by atoms with Gasteiger partial charge in [-0.3, -0.25) is 4.79 Å². The second-order valence-corrected chi connectivity index (χ2v) is 7.33. The molecule has 4 rings (SSSR count). The van der Waals surface area contributed by atoms with Gasteiger partial charge in [-0.05, 0) is 32.1 Å². The maximum atomic E-state index is 11.7. The number of carbonyl (C=O) groups is 1. The second kappa shape index (κ2) is 3.62. The number of carbonyl (C=O) groups excluding carboxylic acids is 1. The molecule has 0 aromatic heterocycles. The number of rotatable bonds is 2. The van der Waals surface area contributed by atoms with Crippen LogP contribution in [0.5, 0.6) is 0 Å². The molecule has 18 heavy (non-hydrogen) atoms. The summed E-state index contributed by atoms with van der Waals surface area (Å²) in [4.78, 5) is 11.7. The van der Waals surface area contributed by atoms with Crippen molar-refractivity contribution in [3.8, 4) is 0 Å². The summed E-state index contributed by atoms with van der Waals surface area (Å²) in [5, 5.41) is 20.3. The minimum atomic E-state index is -0.871. The Kier molecular flexibility index (Phi) is 2.55. The van der Waals surface area contributed by atoms with Crippen molar-refractivity contribution < 1.29 is 19.7 Å². The molecule has 0 amide bonds. The van der Waals surface area contributed by atoms with E-state index in [1.54, 1.807) is 6.92 Å². The number of aliphatic hydroxyl groups is 2. The largest absolute Gasteiger partial charge is 0.458 e. The van der Waals surface area contributed by atoms with Gasteiger partial charge in [-0.15, -0.1) is 11.6 Å². The molecular weight excluding hydrogens is 256 g/mol. The van der Waals surface area contributed by atoms with E-state index < -0.39 is 28.1 Å². The Morgan fingerprint density at radius 3 is 2.22 bits per heavy atom. The van der Waals surface area contributed by atoms with Crippen LogP contribution in [0.3, 0.4) is 0 Å². The summed E-state index contributed by atoms with van der Waals surface area (Å²) < 4.78 is 5.55. The average molecular weight is 275 g/mol. The molecule has 0 heterocycles. The summed E-state index contributed by atoms with van der Waals surface area (Å²) in [5.41, 5.74) is -2.45. The van der Waals surface area contributed by atoms with Gasteiger partial charge in [0, 0.05) is 19.3 Å². The molecule has 4 nitrogen and oxygen atoms in total. The first-order valence-corrected chi connectivity index (χ1v) is 6.99. The smallest absolute Gasteiger partial charge is 0.324 e. The lowest BCUT2D eigenvalue weighted by molar-refractivity contribution is -0.261. The minimum absolute atomic E-state index is 0.245. The molecule has 0 aliphatic heterocycles. The van der Waals surface area contributed by atoms with Crippen LogP contribution < -0.4 is 0 Å². The predicted octanol–water partition coefficient (Wildman–Crippen LogP) is 1.36. The van der Waals surface area contributed by atoms with Crippen LogP contribution in [0.4, 0.5) is 0 Å². The lowest BCUT2D eigenvalue weighted by Crippen LogP contribution is -2.67. The van der Waals surface area contributed by atoms with Gasteiger partial charge >= 0.3 is 5.97 Å². The SMILES string of the molecule is CC(Cl)C(=O)OC12CC3CC(O)(CC(O)(C3)C1)C2. The fourth-order valence-corrected chi connectivity index (χ4v) is 4.70. The van der Waals surface area contributed by atoms with Gasteiger partial charge in [0.2, 0.25) is 0 Å². The van der Waals surface area contributed by atoms with E-state index in [1.807, 2.05) is 0 Å². The molecule has 4 saturated carbocycles. The topological polar surface area (TPSA) is 66.8 Å². The number of hydrogen-bond acceptors (Lipinski definition) is 4. The van der Waals surface area contributed by atoms with Crippen LogP contribution in [0.15, 0.2) is 0 Å². The fraction of sp³-hybridized carbons (Fsp3) is 0.923. The quantitative estimate of drug-likeness (QED) is 0.589. The van der Waals surface area contributed by atoms with Gasteiger partial charge < -0.3 is 14.9 Å². The molecule has 4 aliphatic carbocycles. The van der Waals surface area contributed by atoms with Crippen LogP contribution in [0.1, 0.15) is 45.4 Å². The van der Waals surface area contributed by atoms with Crippen molar-refractivity contribution in [3.05, 3.63) is 0 Å². The zero-order chi connectivity index (χ0) is 13.2. The van der Waals surface area contributed by atoms with Gasteiger partial charge in [-0.25, -0.2) is 0 Å². The van der Waals surface area contributed by atoms with Gasteiger partial charge in [0.25, 0.3) is 0 Å². The summed E-state index contributed by atoms with van der Waals surface area (Å²) in [6.07, 6.45) is 3.46. The summed E-state index contributed by atoms with van der Waals surface area (Å²) in [6.45, 7) is 1.58. The predicted molar refractivity (Wildman–Crippen MR) is 65.2 cm³/mol. The number of alkyl halides is 1. The third-order valence-electron chi connectivity index (χ3n) is 4.60. The second-order valence-electron chi connectivity index (χ2n) is 6.68. The van der Waals surface area contributed by atoms with Crippen LogP contribution in [-0.4, -0.2) is 38.4 Å². The maximum Gasteiger partial charge on any atom is 0.324 e. The summed E-state index contributed by atoms with van der Waals surface area (Å²) in [5.74, 6) is -0.208. The van der Waals surface area contributed by atoms with Crippen molar-refractivity contribution in [3.63, 3.8) is 0 Å². The van der Waals surface area contributed by atoms with Crippen molar-refractivity contribution in [1.82, 2.24) is 0 Å². The molecule has 0 aromatic carbocycles. The van der Waals surface area contributed by atoms with Crippen molar-refractivity contribution >= 4 is 17.6 Å². The highest BCUT2D eigenvalue weighted by molar-refractivity contribution is 6.29. The van der Waals surface area contributed by atoms with Crippen LogP contribution in [0, 0.1) is 5.92 Å². The highest BCUT2D eigenvalue weighted by Crippen LogP contribution is 2.60. The van der Waals surface area contributed by atoms with Crippen LogP contribution in [0.25, 0.3) is 0 Å². The van der Waals surface area contributed by atoms with Gasteiger partial charge in [0.1, 0.15) is 11.0 Å². The molecule has 0 radical (unpaired) electrons. The molecule has 4 aliphatic rings. The van der Waals surface area contributed by atoms with E-state index in [1.165, 1.54) is 0 Å². The van der Waals surface area contributed by atoms with E-state index in [0.717, 1.165) is 6.42 Å². The molecule has 3 atom stereocenters. The van der Waals surface area contributed by atoms with Gasteiger partial charge in [-0.2, -0.15) is 0 Å². The van der Waals surface area contributed by atoms with E-state index in [4.69, 9.17) is 16.3 Å². The molecule has 2 N–H and O–H groups in total. The normalized spacial score (nSPS) is 51.2. The standard InChI is InChI=1S/C13H19ClO4/c1-8(14)10(15)18-13-4-9-2-11(16,6-13)5-12(17,3-9)7-13/h8-9,16-17H,2-7H2,1H3. The van der Waals surface area contributed by atoms with Crippen LogP contribution >= 0.6 is 11.6 Å². The van der Waals surface area contributed by atoms with Crippen molar-refractivity contribution in [2.45, 2.75) is 67.6 Å². The molecule has 4 fully saturated rings. The molecule has 4 bridgehead atoms. The van der Waals surface area contributed by atoms with E-state index in [9.17, 15) is 15.0 Å². The lowest BCUT2D eigenvalue weighted by Gasteiger charge is -2.62. The van der Waals surface area contributed by atoms with Crippen molar-refractivity contribution in [2.24, 2.45) is 5.92 Å². The molecule has 3 unspecified atom stereocenters. The minimum Gasteiger partial charge on any atom is -0.458 e. The highest BCUT2D eigenvalue weighted by Gasteiger charge is 2.64. The van der Waals surface area contributed by atoms with E-state index in [0.29, 0.717) is 32.1 Å². The van der Waals surface area contributed by atoms with Gasteiger partial charge in [0.05, 0.1) is 11.2 Å². The van der Waals surface area contributed by atoms with Gasteiger partial charge in [0.15, 0.2) is 0 Å². The molecule has 0 saturated heterocycles. The third kappa shape index (κ3) is 1.95. The Morgan fingerprint density at radius 1 is 1.22 bits per heavy atom. The summed E-state index contributed by atoms with van der Waals surface area (Å²) >= 11 is 5.74. The Hall–Kier alpha value is -0.320. The number of hydrogen-bond donors (Lipinski definition) is 2. The number of halogens is 1.